The van der Waals surface area contributed by atoms with Gasteiger partial charge in [0.15, 0.2) is 0 Å². The monoisotopic (exact) mass is 263 g/mol. The van der Waals surface area contributed by atoms with E-state index in [1.54, 1.807) is 18.2 Å². The number of hydrogen-bond acceptors (Lipinski definition) is 5. The molecule has 0 aliphatic heterocycles. The summed E-state index contributed by atoms with van der Waals surface area (Å²) >= 11 is 0. The van der Waals surface area contributed by atoms with E-state index in [1.807, 2.05) is 6.07 Å². The summed E-state index contributed by atoms with van der Waals surface area (Å²) in [7, 11) is -3.73. The highest BCUT2D eigenvalue weighted by molar-refractivity contribution is 7.89. The van der Waals surface area contributed by atoms with Crippen LogP contribution in [0, 0.1) is 11.3 Å². The van der Waals surface area contributed by atoms with Crippen LogP contribution in [0.5, 0.6) is 0 Å². The molecule has 1 aromatic carbocycles. The second-order valence-electron chi connectivity index (χ2n) is 3.42. The van der Waals surface area contributed by atoms with E-state index in [1.165, 1.54) is 18.4 Å². The average molecular weight is 263 g/mol. The van der Waals surface area contributed by atoms with Gasteiger partial charge in [0.2, 0.25) is 10.0 Å². The van der Waals surface area contributed by atoms with Crippen LogP contribution in [0.15, 0.2) is 46.0 Å². The van der Waals surface area contributed by atoms with Gasteiger partial charge in [-0.1, -0.05) is 17.3 Å². The van der Waals surface area contributed by atoms with Gasteiger partial charge < -0.3 is 4.52 Å². The minimum atomic E-state index is -3.73. The maximum Gasteiger partial charge on any atom is 0.242 e. The van der Waals surface area contributed by atoms with Gasteiger partial charge in [-0.3, -0.25) is 0 Å². The molecule has 7 heteroatoms. The number of nitriles is 1. The summed E-state index contributed by atoms with van der Waals surface area (Å²) in [4.78, 5) is -0.0454. The molecular weight excluding hydrogens is 254 g/mol. The molecular formula is C11H9N3O3S. The molecule has 0 saturated carbocycles. The maximum atomic E-state index is 12.0. The molecule has 0 unspecified atom stereocenters. The first-order chi connectivity index (χ1) is 8.63. The second kappa shape index (κ2) is 5.00. The van der Waals surface area contributed by atoms with Crippen LogP contribution in [0.2, 0.25) is 0 Å². The van der Waals surface area contributed by atoms with Crippen LogP contribution in [-0.2, 0) is 16.6 Å². The Kier molecular flexibility index (Phi) is 3.41. The van der Waals surface area contributed by atoms with Crippen LogP contribution in [0.4, 0.5) is 0 Å². The topological polar surface area (TPSA) is 96.0 Å². The number of sulfonamides is 1. The van der Waals surface area contributed by atoms with Crippen molar-refractivity contribution < 1.29 is 12.9 Å². The first kappa shape index (κ1) is 12.3. The van der Waals surface area contributed by atoms with Gasteiger partial charge in [0, 0.05) is 6.07 Å². The smallest absolute Gasteiger partial charge is 0.242 e. The van der Waals surface area contributed by atoms with Gasteiger partial charge in [-0.2, -0.15) is 5.26 Å². The molecule has 0 aliphatic rings. The zero-order valence-electron chi connectivity index (χ0n) is 9.20. The Hall–Kier alpha value is -2.17. The summed E-state index contributed by atoms with van der Waals surface area (Å²) in [5.41, 5.74) is 0.568. The number of benzene rings is 1. The Balaban J connectivity index is 2.23. The Labute approximate surface area is 104 Å². The maximum absolute atomic E-state index is 12.0. The zero-order chi connectivity index (χ0) is 13.0. The number of rotatable bonds is 4. The third-order valence-corrected chi connectivity index (χ3v) is 3.69. The van der Waals surface area contributed by atoms with Crippen molar-refractivity contribution in [3.05, 3.63) is 47.9 Å². The molecule has 0 atom stereocenters. The molecule has 2 aromatic rings. The predicted octanol–water partition coefficient (Wildman–Crippen LogP) is 1.02. The molecule has 0 amide bonds. The molecule has 92 valence electrons. The molecule has 1 N–H and O–H groups in total. The van der Waals surface area contributed by atoms with Crippen molar-refractivity contribution in [3.63, 3.8) is 0 Å². The fraction of sp³-hybridized carbons (Fsp3) is 0.0909. The van der Waals surface area contributed by atoms with E-state index in [4.69, 9.17) is 5.26 Å². The summed E-state index contributed by atoms with van der Waals surface area (Å²) in [6.07, 6.45) is 1.35. The van der Waals surface area contributed by atoms with Gasteiger partial charge >= 0.3 is 0 Å². The SMILES string of the molecule is N#Cc1ccccc1S(=O)(=O)NCc1ccon1. The fourth-order valence-corrected chi connectivity index (χ4v) is 2.52. The second-order valence-corrected chi connectivity index (χ2v) is 5.16. The summed E-state index contributed by atoms with van der Waals surface area (Å²) in [5.74, 6) is 0. The Bertz CT molecular complexity index is 672. The van der Waals surface area contributed by atoms with E-state index in [-0.39, 0.29) is 17.0 Å². The molecule has 0 bridgehead atoms. The van der Waals surface area contributed by atoms with Crippen LogP contribution in [0.3, 0.4) is 0 Å². The number of nitrogens with one attached hydrogen (secondary N) is 1. The summed E-state index contributed by atoms with van der Waals surface area (Å²) < 4.78 is 30.9. The van der Waals surface area contributed by atoms with Gasteiger partial charge in [-0.25, -0.2) is 13.1 Å². The van der Waals surface area contributed by atoms with Crippen molar-refractivity contribution in [3.8, 4) is 6.07 Å². The normalized spacial score (nSPS) is 11.1. The third kappa shape index (κ3) is 2.56. The lowest BCUT2D eigenvalue weighted by atomic mass is 10.2. The van der Waals surface area contributed by atoms with Gasteiger partial charge in [-0.05, 0) is 12.1 Å². The van der Waals surface area contributed by atoms with E-state index >= 15 is 0 Å². The zero-order valence-corrected chi connectivity index (χ0v) is 10.0. The highest BCUT2D eigenvalue weighted by atomic mass is 32.2. The Morgan fingerprint density at radius 2 is 2.11 bits per heavy atom. The standard InChI is InChI=1S/C11H9N3O3S/c12-7-9-3-1-2-4-11(9)18(15,16)13-8-10-5-6-17-14-10/h1-6,13H,8H2. The van der Waals surface area contributed by atoms with Crippen molar-refractivity contribution in [2.24, 2.45) is 0 Å². The lowest BCUT2D eigenvalue weighted by molar-refractivity contribution is 0.411. The summed E-state index contributed by atoms with van der Waals surface area (Å²) in [6.45, 7) is 0.0125. The van der Waals surface area contributed by atoms with Crippen molar-refractivity contribution in [2.75, 3.05) is 0 Å². The van der Waals surface area contributed by atoms with E-state index in [0.717, 1.165) is 0 Å². The van der Waals surface area contributed by atoms with Crippen LogP contribution in [0.1, 0.15) is 11.3 Å². The molecule has 1 heterocycles. The van der Waals surface area contributed by atoms with Crippen LogP contribution in [-0.4, -0.2) is 13.6 Å². The van der Waals surface area contributed by atoms with Gasteiger partial charge in [-0.15, -0.1) is 0 Å². The first-order valence-corrected chi connectivity index (χ1v) is 6.50. The number of aromatic nitrogens is 1. The van der Waals surface area contributed by atoms with E-state index in [0.29, 0.717) is 5.69 Å². The first-order valence-electron chi connectivity index (χ1n) is 5.01. The predicted molar refractivity (Wildman–Crippen MR) is 61.7 cm³/mol. The average Bonchev–Trinajstić information content (AvgIpc) is 2.89. The number of hydrogen-bond donors (Lipinski definition) is 1. The summed E-state index contributed by atoms with van der Waals surface area (Å²) in [5, 5.41) is 12.5. The van der Waals surface area contributed by atoms with Crippen LogP contribution >= 0.6 is 0 Å². The lowest BCUT2D eigenvalue weighted by Gasteiger charge is -2.06. The molecule has 0 spiro atoms. The third-order valence-electron chi connectivity index (χ3n) is 2.23. The molecule has 0 radical (unpaired) electrons. The molecule has 0 saturated heterocycles. The molecule has 6 nitrogen and oxygen atoms in total. The van der Waals surface area contributed by atoms with Crippen LogP contribution < -0.4 is 4.72 Å². The van der Waals surface area contributed by atoms with Gasteiger partial charge in [0.05, 0.1) is 22.7 Å². The van der Waals surface area contributed by atoms with Crippen molar-refractivity contribution in [2.45, 2.75) is 11.4 Å². The highest BCUT2D eigenvalue weighted by Gasteiger charge is 2.18. The van der Waals surface area contributed by atoms with E-state index in [2.05, 4.69) is 14.4 Å². The Morgan fingerprint density at radius 3 is 2.78 bits per heavy atom. The highest BCUT2D eigenvalue weighted by Crippen LogP contribution is 2.14. The van der Waals surface area contributed by atoms with Crippen molar-refractivity contribution in [1.29, 1.82) is 5.26 Å². The number of nitrogens with zero attached hydrogens (tertiary/aromatic N) is 2. The molecule has 0 aliphatic carbocycles. The molecule has 1 aromatic heterocycles. The molecule has 18 heavy (non-hydrogen) atoms. The minimum absolute atomic E-state index is 0.0125. The molecule has 0 fully saturated rings. The lowest BCUT2D eigenvalue weighted by Crippen LogP contribution is -2.24. The van der Waals surface area contributed by atoms with Crippen LogP contribution in [0.25, 0.3) is 0 Å². The minimum Gasteiger partial charge on any atom is -0.364 e. The van der Waals surface area contributed by atoms with E-state index in [9.17, 15) is 8.42 Å². The largest absolute Gasteiger partial charge is 0.364 e. The fourth-order valence-electron chi connectivity index (χ4n) is 1.37. The van der Waals surface area contributed by atoms with E-state index < -0.39 is 10.0 Å². The van der Waals surface area contributed by atoms with Crippen molar-refractivity contribution >= 4 is 10.0 Å². The van der Waals surface area contributed by atoms with Gasteiger partial charge in [0.25, 0.3) is 0 Å². The molecule has 2 rings (SSSR count). The van der Waals surface area contributed by atoms with Crippen molar-refractivity contribution in [1.82, 2.24) is 9.88 Å². The quantitative estimate of drug-likeness (QED) is 0.888. The Morgan fingerprint density at radius 1 is 1.33 bits per heavy atom. The van der Waals surface area contributed by atoms with Gasteiger partial charge in [0.1, 0.15) is 12.3 Å². The summed E-state index contributed by atoms with van der Waals surface area (Å²) in [6, 6.07) is 9.39.